The van der Waals surface area contributed by atoms with Gasteiger partial charge in [0.05, 0.1) is 5.69 Å². The molecule has 1 aromatic carbocycles. The number of pyridine rings is 1. The van der Waals surface area contributed by atoms with E-state index in [2.05, 4.69) is 4.98 Å². The van der Waals surface area contributed by atoms with Gasteiger partial charge in [0, 0.05) is 18.0 Å². The molecule has 0 aliphatic rings. The summed E-state index contributed by atoms with van der Waals surface area (Å²) >= 11 is 0. The fourth-order valence-electron chi connectivity index (χ4n) is 1.69. The number of halogens is 4. The van der Waals surface area contributed by atoms with Gasteiger partial charge in [-0.1, -0.05) is 12.1 Å². The zero-order chi connectivity index (χ0) is 14.8. The molecule has 0 aliphatic carbocycles. The minimum atomic E-state index is -4.75. The van der Waals surface area contributed by atoms with Crippen molar-refractivity contribution in [2.24, 2.45) is 0 Å². The number of alkyl halides is 3. The van der Waals surface area contributed by atoms with Crippen LogP contribution in [0.2, 0.25) is 0 Å². The van der Waals surface area contributed by atoms with Crippen molar-refractivity contribution in [2.45, 2.75) is 12.4 Å². The number of nitrogens with zero attached hydrogens (tertiary/aromatic N) is 1. The molecule has 7 heteroatoms. The SMILES string of the molecule is OC(c1cccnc1)c1ccc(F)c(NC(F)(F)F)c1. The summed E-state index contributed by atoms with van der Waals surface area (Å²) in [5.41, 5.74) is -0.207. The predicted molar refractivity (Wildman–Crippen MR) is 64.4 cm³/mol. The highest BCUT2D eigenvalue weighted by atomic mass is 19.4. The zero-order valence-electron chi connectivity index (χ0n) is 10.0. The Labute approximate surface area is 111 Å². The Hall–Kier alpha value is -2.15. The average Bonchev–Trinajstić information content (AvgIpc) is 2.40. The molecule has 2 rings (SSSR count). The third kappa shape index (κ3) is 3.45. The van der Waals surface area contributed by atoms with E-state index in [-0.39, 0.29) is 5.56 Å². The maximum Gasteiger partial charge on any atom is 0.482 e. The molecule has 106 valence electrons. The van der Waals surface area contributed by atoms with Crippen molar-refractivity contribution in [2.75, 3.05) is 5.32 Å². The van der Waals surface area contributed by atoms with E-state index in [0.29, 0.717) is 5.56 Å². The van der Waals surface area contributed by atoms with Gasteiger partial charge in [0.25, 0.3) is 0 Å². The van der Waals surface area contributed by atoms with Crippen LogP contribution in [0.25, 0.3) is 0 Å². The van der Waals surface area contributed by atoms with Gasteiger partial charge < -0.3 is 5.11 Å². The quantitative estimate of drug-likeness (QED) is 0.672. The van der Waals surface area contributed by atoms with Gasteiger partial charge in [0.15, 0.2) is 0 Å². The van der Waals surface area contributed by atoms with Gasteiger partial charge in [0.1, 0.15) is 11.9 Å². The van der Waals surface area contributed by atoms with E-state index in [0.717, 1.165) is 17.4 Å². The maximum atomic E-state index is 13.3. The van der Waals surface area contributed by atoms with Crippen LogP contribution in [0.5, 0.6) is 0 Å². The Bertz CT molecular complexity index is 587. The summed E-state index contributed by atoms with van der Waals surface area (Å²) in [7, 11) is 0. The van der Waals surface area contributed by atoms with Crippen LogP contribution < -0.4 is 5.32 Å². The van der Waals surface area contributed by atoms with Crippen molar-refractivity contribution in [3.63, 3.8) is 0 Å². The molecule has 0 saturated carbocycles. The molecule has 1 heterocycles. The van der Waals surface area contributed by atoms with E-state index >= 15 is 0 Å². The molecular formula is C13H10F4N2O. The third-order valence-electron chi connectivity index (χ3n) is 2.58. The Balaban J connectivity index is 2.32. The summed E-state index contributed by atoms with van der Waals surface area (Å²) in [5.74, 6) is -1.05. The smallest absolute Gasteiger partial charge is 0.384 e. The van der Waals surface area contributed by atoms with E-state index in [9.17, 15) is 22.7 Å². The molecule has 0 spiro atoms. The van der Waals surface area contributed by atoms with Crippen LogP contribution in [0.4, 0.5) is 23.2 Å². The molecule has 3 nitrogen and oxygen atoms in total. The first-order valence-corrected chi connectivity index (χ1v) is 5.59. The number of aromatic nitrogens is 1. The van der Waals surface area contributed by atoms with Gasteiger partial charge in [-0.15, -0.1) is 0 Å². The van der Waals surface area contributed by atoms with Crippen molar-refractivity contribution in [3.05, 3.63) is 59.7 Å². The average molecular weight is 286 g/mol. The Kier molecular flexibility index (Phi) is 3.89. The second-order valence-corrected chi connectivity index (χ2v) is 4.05. The molecule has 20 heavy (non-hydrogen) atoms. The molecule has 0 saturated heterocycles. The molecule has 0 aliphatic heterocycles. The number of anilines is 1. The first kappa shape index (κ1) is 14.3. The van der Waals surface area contributed by atoms with Crippen molar-refractivity contribution in [1.29, 1.82) is 0 Å². The minimum Gasteiger partial charge on any atom is -0.384 e. The summed E-state index contributed by atoms with van der Waals surface area (Å²) in [5, 5.41) is 11.1. The summed E-state index contributed by atoms with van der Waals surface area (Å²) < 4.78 is 50.0. The number of aliphatic hydroxyl groups is 1. The second-order valence-electron chi connectivity index (χ2n) is 4.05. The van der Waals surface area contributed by atoms with Crippen molar-refractivity contribution < 1.29 is 22.7 Å². The lowest BCUT2D eigenvalue weighted by Crippen LogP contribution is -2.21. The molecule has 0 amide bonds. The van der Waals surface area contributed by atoms with Crippen LogP contribution in [-0.4, -0.2) is 16.4 Å². The maximum absolute atomic E-state index is 13.3. The van der Waals surface area contributed by atoms with E-state index in [4.69, 9.17) is 0 Å². The van der Waals surface area contributed by atoms with Gasteiger partial charge in [-0.05, 0) is 23.8 Å². The number of benzene rings is 1. The van der Waals surface area contributed by atoms with Gasteiger partial charge in [-0.25, -0.2) is 4.39 Å². The molecule has 0 bridgehead atoms. The molecule has 1 atom stereocenters. The third-order valence-corrected chi connectivity index (χ3v) is 2.58. The van der Waals surface area contributed by atoms with Crippen LogP contribution in [0.15, 0.2) is 42.7 Å². The van der Waals surface area contributed by atoms with Crippen molar-refractivity contribution in [1.82, 2.24) is 4.98 Å². The van der Waals surface area contributed by atoms with Crippen molar-refractivity contribution >= 4 is 5.69 Å². The van der Waals surface area contributed by atoms with Crippen LogP contribution >= 0.6 is 0 Å². The number of hydrogen-bond donors (Lipinski definition) is 2. The highest BCUT2D eigenvalue weighted by Gasteiger charge is 2.28. The summed E-state index contributed by atoms with van der Waals surface area (Å²) in [6.07, 6.45) is -3.06. The van der Waals surface area contributed by atoms with E-state index in [1.807, 2.05) is 0 Å². The fourth-order valence-corrected chi connectivity index (χ4v) is 1.69. The summed E-state index contributed by atoms with van der Waals surface area (Å²) in [6.45, 7) is 0. The fraction of sp³-hybridized carbons (Fsp3) is 0.154. The molecule has 2 aromatic rings. The predicted octanol–water partition coefficient (Wildman–Crippen LogP) is 3.23. The van der Waals surface area contributed by atoms with E-state index in [1.165, 1.54) is 18.5 Å². The number of aliphatic hydroxyl groups excluding tert-OH is 1. The molecule has 1 unspecified atom stereocenters. The normalized spacial score (nSPS) is 13.1. The first-order chi connectivity index (χ1) is 9.37. The van der Waals surface area contributed by atoms with Gasteiger partial charge in [-0.2, -0.15) is 13.2 Å². The van der Waals surface area contributed by atoms with E-state index < -0.39 is 23.9 Å². The zero-order valence-corrected chi connectivity index (χ0v) is 10.0. The molecule has 2 N–H and O–H groups in total. The van der Waals surface area contributed by atoms with Gasteiger partial charge >= 0.3 is 6.30 Å². The molecule has 1 aromatic heterocycles. The summed E-state index contributed by atoms with van der Waals surface area (Å²) in [6, 6.07) is 6.15. The van der Waals surface area contributed by atoms with E-state index in [1.54, 1.807) is 12.1 Å². The largest absolute Gasteiger partial charge is 0.482 e. The monoisotopic (exact) mass is 286 g/mol. The molecule has 0 radical (unpaired) electrons. The van der Waals surface area contributed by atoms with Crippen LogP contribution in [-0.2, 0) is 0 Å². The number of rotatable bonds is 3. The van der Waals surface area contributed by atoms with Gasteiger partial charge in [-0.3, -0.25) is 10.3 Å². The Morgan fingerprint density at radius 1 is 1.15 bits per heavy atom. The highest BCUT2D eigenvalue weighted by molar-refractivity contribution is 5.49. The number of nitrogens with one attached hydrogen (secondary N) is 1. The van der Waals surface area contributed by atoms with Crippen LogP contribution in [0, 0.1) is 5.82 Å². The number of hydrogen-bond acceptors (Lipinski definition) is 3. The van der Waals surface area contributed by atoms with Crippen LogP contribution in [0.1, 0.15) is 17.2 Å². The topological polar surface area (TPSA) is 45.2 Å². The Morgan fingerprint density at radius 3 is 2.50 bits per heavy atom. The molecule has 0 fully saturated rings. The lowest BCUT2D eigenvalue weighted by atomic mass is 10.0. The summed E-state index contributed by atoms with van der Waals surface area (Å²) in [4.78, 5) is 3.80. The Morgan fingerprint density at radius 2 is 1.90 bits per heavy atom. The van der Waals surface area contributed by atoms with Crippen molar-refractivity contribution in [3.8, 4) is 0 Å². The minimum absolute atomic E-state index is 0.131. The molecular weight excluding hydrogens is 276 g/mol. The van der Waals surface area contributed by atoms with Crippen LogP contribution in [0.3, 0.4) is 0 Å². The second kappa shape index (κ2) is 5.46. The highest BCUT2D eigenvalue weighted by Crippen LogP contribution is 2.28. The lowest BCUT2D eigenvalue weighted by Gasteiger charge is -2.15. The standard InChI is InChI=1S/C13H10F4N2O/c14-10-4-3-8(6-11(10)19-13(15,16)17)12(20)9-2-1-5-18-7-9/h1-7,12,19-20H. The lowest BCUT2D eigenvalue weighted by molar-refractivity contribution is -0.100. The first-order valence-electron chi connectivity index (χ1n) is 5.59. The van der Waals surface area contributed by atoms with Gasteiger partial charge in [0.2, 0.25) is 0 Å².